The molecule has 1 N–H and O–H groups in total. The highest BCUT2D eigenvalue weighted by molar-refractivity contribution is 5.69. The predicted octanol–water partition coefficient (Wildman–Crippen LogP) is 2.16. The lowest BCUT2D eigenvalue weighted by Crippen LogP contribution is -2.59. The van der Waals surface area contributed by atoms with Crippen LogP contribution in [0.25, 0.3) is 0 Å². The number of carbonyl (C=O) groups is 1. The van der Waals surface area contributed by atoms with Crippen molar-refractivity contribution < 1.29 is 14.6 Å². The summed E-state index contributed by atoms with van der Waals surface area (Å²) >= 11 is 0. The van der Waals surface area contributed by atoms with Crippen LogP contribution in [0.15, 0.2) is 0 Å². The van der Waals surface area contributed by atoms with Gasteiger partial charge in [-0.1, -0.05) is 6.42 Å². The van der Waals surface area contributed by atoms with Crippen LogP contribution in [0.4, 0.5) is 4.79 Å². The maximum absolute atomic E-state index is 11.9. The monoisotopic (exact) mass is 241 g/mol. The summed E-state index contributed by atoms with van der Waals surface area (Å²) in [5.74, 6) is 0.394. The second kappa shape index (κ2) is 4.48. The van der Waals surface area contributed by atoms with E-state index in [1.54, 1.807) is 4.90 Å². The first kappa shape index (κ1) is 12.7. The maximum atomic E-state index is 11.9. The van der Waals surface area contributed by atoms with Crippen molar-refractivity contribution in [3.8, 4) is 0 Å². The van der Waals surface area contributed by atoms with Gasteiger partial charge in [-0.15, -0.1) is 0 Å². The van der Waals surface area contributed by atoms with Crippen LogP contribution >= 0.6 is 0 Å². The minimum absolute atomic E-state index is 0.0184. The number of hydrogen-bond donors (Lipinski definition) is 1. The van der Waals surface area contributed by atoms with Crippen LogP contribution in [0.1, 0.15) is 46.5 Å². The Morgan fingerprint density at radius 1 is 1.35 bits per heavy atom. The van der Waals surface area contributed by atoms with Crippen molar-refractivity contribution in [3.63, 3.8) is 0 Å². The molecular formula is C13H23NO3. The minimum Gasteiger partial charge on any atom is -0.444 e. The van der Waals surface area contributed by atoms with Gasteiger partial charge in [0.1, 0.15) is 5.60 Å². The lowest BCUT2D eigenvalue weighted by Gasteiger charge is -2.47. The molecule has 0 radical (unpaired) electrons. The molecule has 1 amide bonds. The van der Waals surface area contributed by atoms with E-state index in [1.807, 2.05) is 20.8 Å². The first-order valence-corrected chi connectivity index (χ1v) is 6.56. The molecule has 0 aromatic rings. The average Bonchev–Trinajstić information content (AvgIpc) is 1.92. The van der Waals surface area contributed by atoms with E-state index in [9.17, 15) is 9.90 Å². The predicted molar refractivity (Wildman–Crippen MR) is 64.7 cm³/mol. The minimum atomic E-state index is -0.460. The van der Waals surface area contributed by atoms with E-state index in [1.165, 1.54) is 6.42 Å². The summed E-state index contributed by atoms with van der Waals surface area (Å²) in [7, 11) is 0. The normalized spacial score (nSPS) is 27.1. The molecule has 0 aromatic heterocycles. The third-order valence-electron chi connectivity index (χ3n) is 3.72. The first-order valence-electron chi connectivity index (χ1n) is 6.56. The Morgan fingerprint density at radius 2 is 2.00 bits per heavy atom. The van der Waals surface area contributed by atoms with Gasteiger partial charge in [0.05, 0.1) is 12.1 Å². The number of hydrogen-bond acceptors (Lipinski definition) is 3. The van der Waals surface area contributed by atoms with E-state index < -0.39 is 5.60 Å². The Hall–Kier alpha value is -0.770. The highest BCUT2D eigenvalue weighted by Crippen LogP contribution is 2.36. The van der Waals surface area contributed by atoms with Gasteiger partial charge in [-0.2, -0.15) is 0 Å². The molecule has 1 saturated heterocycles. The van der Waals surface area contributed by atoms with Gasteiger partial charge < -0.3 is 14.7 Å². The van der Waals surface area contributed by atoms with Crippen LogP contribution < -0.4 is 0 Å². The van der Waals surface area contributed by atoms with E-state index in [-0.39, 0.29) is 18.2 Å². The zero-order valence-corrected chi connectivity index (χ0v) is 11.0. The van der Waals surface area contributed by atoms with Gasteiger partial charge in [0, 0.05) is 6.54 Å². The number of rotatable bonds is 2. The van der Waals surface area contributed by atoms with Crippen LogP contribution in [0.3, 0.4) is 0 Å². The summed E-state index contributed by atoms with van der Waals surface area (Å²) in [5, 5.41) is 10.2. The third kappa shape index (κ3) is 2.73. The Balaban J connectivity index is 1.87. The fourth-order valence-corrected chi connectivity index (χ4v) is 2.41. The second-order valence-corrected chi connectivity index (χ2v) is 6.21. The molecule has 2 unspecified atom stereocenters. The standard InChI is InChI=1S/C13H23NO3/c1-13(2,3)17-12(16)14-8-7-10(14)11(15)9-5-4-6-9/h9-11,15H,4-8H2,1-3H3. The Bertz CT molecular complexity index is 294. The summed E-state index contributed by atoms with van der Waals surface area (Å²) in [5.41, 5.74) is -0.460. The average molecular weight is 241 g/mol. The number of likely N-dealkylation sites (tertiary alicyclic amines) is 1. The van der Waals surface area contributed by atoms with E-state index in [0.717, 1.165) is 19.3 Å². The van der Waals surface area contributed by atoms with Gasteiger partial charge in [-0.3, -0.25) is 0 Å². The van der Waals surface area contributed by atoms with Crippen molar-refractivity contribution in [3.05, 3.63) is 0 Å². The molecule has 1 aliphatic carbocycles. The summed E-state index contributed by atoms with van der Waals surface area (Å²) in [6.07, 6.45) is 3.66. The van der Waals surface area contributed by atoms with Gasteiger partial charge in [0.15, 0.2) is 0 Å². The maximum Gasteiger partial charge on any atom is 0.410 e. The first-order chi connectivity index (χ1) is 7.88. The van der Waals surface area contributed by atoms with Gasteiger partial charge >= 0.3 is 6.09 Å². The zero-order chi connectivity index (χ0) is 12.6. The van der Waals surface area contributed by atoms with E-state index >= 15 is 0 Å². The molecule has 0 spiro atoms. The molecule has 0 bridgehead atoms. The molecule has 1 aliphatic heterocycles. The molecule has 2 fully saturated rings. The van der Waals surface area contributed by atoms with E-state index in [4.69, 9.17) is 4.74 Å². The smallest absolute Gasteiger partial charge is 0.410 e. The number of nitrogens with zero attached hydrogens (tertiary/aromatic N) is 1. The summed E-state index contributed by atoms with van der Waals surface area (Å²) in [4.78, 5) is 13.6. The van der Waals surface area contributed by atoms with Crippen molar-refractivity contribution in [2.75, 3.05) is 6.54 Å². The van der Waals surface area contributed by atoms with Gasteiger partial charge in [-0.25, -0.2) is 4.79 Å². The van der Waals surface area contributed by atoms with Gasteiger partial charge in [0.2, 0.25) is 0 Å². The molecule has 4 heteroatoms. The summed E-state index contributed by atoms with van der Waals surface area (Å²) in [6, 6.07) is -0.0184. The van der Waals surface area contributed by atoms with Crippen LogP contribution in [-0.2, 0) is 4.74 Å². The molecule has 17 heavy (non-hydrogen) atoms. The molecule has 1 saturated carbocycles. The second-order valence-electron chi connectivity index (χ2n) is 6.21. The molecular weight excluding hydrogens is 218 g/mol. The van der Waals surface area contributed by atoms with Crippen molar-refractivity contribution in [2.24, 2.45) is 5.92 Å². The highest BCUT2D eigenvalue weighted by atomic mass is 16.6. The Morgan fingerprint density at radius 3 is 2.35 bits per heavy atom. The van der Waals surface area contributed by atoms with Gasteiger partial charge in [0.25, 0.3) is 0 Å². The number of carbonyl (C=O) groups excluding carboxylic acids is 1. The Labute approximate surface area is 103 Å². The van der Waals surface area contributed by atoms with Crippen LogP contribution in [0.5, 0.6) is 0 Å². The Kier molecular flexibility index (Phi) is 3.34. The quantitative estimate of drug-likeness (QED) is 0.806. The van der Waals surface area contributed by atoms with Crippen LogP contribution in [0, 0.1) is 5.92 Å². The van der Waals surface area contributed by atoms with Crippen molar-refractivity contribution >= 4 is 6.09 Å². The number of aliphatic hydroxyl groups is 1. The molecule has 2 rings (SSSR count). The third-order valence-corrected chi connectivity index (χ3v) is 3.72. The van der Waals surface area contributed by atoms with E-state index in [0.29, 0.717) is 12.5 Å². The van der Waals surface area contributed by atoms with Crippen molar-refractivity contribution in [1.82, 2.24) is 4.90 Å². The summed E-state index contributed by atoms with van der Waals surface area (Å²) in [6.45, 7) is 6.30. The van der Waals surface area contributed by atoms with E-state index in [2.05, 4.69) is 0 Å². The topological polar surface area (TPSA) is 49.8 Å². The SMILES string of the molecule is CC(C)(C)OC(=O)N1CCC1C(O)C1CCC1. The lowest BCUT2D eigenvalue weighted by molar-refractivity contribution is -0.0678. The number of ether oxygens (including phenoxy) is 1. The highest BCUT2D eigenvalue weighted by Gasteiger charge is 2.43. The zero-order valence-electron chi connectivity index (χ0n) is 11.0. The fourth-order valence-electron chi connectivity index (χ4n) is 2.41. The van der Waals surface area contributed by atoms with Crippen molar-refractivity contribution in [2.45, 2.75) is 64.2 Å². The van der Waals surface area contributed by atoms with Crippen LogP contribution in [-0.4, -0.2) is 40.4 Å². The molecule has 98 valence electrons. The van der Waals surface area contributed by atoms with Gasteiger partial charge in [-0.05, 0) is 46.0 Å². The van der Waals surface area contributed by atoms with Crippen LogP contribution in [0.2, 0.25) is 0 Å². The molecule has 0 aromatic carbocycles. The number of amides is 1. The largest absolute Gasteiger partial charge is 0.444 e. The van der Waals surface area contributed by atoms with Crippen molar-refractivity contribution in [1.29, 1.82) is 0 Å². The molecule has 4 nitrogen and oxygen atoms in total. The lowest BCUT2D eigenvalue weighted by atomic mass is 9.76. The fraction of sp³-hybridized carbons (Fsp3) is 0.923. The molecule has 2 atom stereocenters. The number of aliphatic hydroxyl groups excluding tert-OH is 1. The summed E-state index contributed by atoms with van der Waals surface area (Å²) < 4.78 is 5.33. The molecule has 1 heterocycles. The molecule has 2 aliphatic rings.